The summed E-state index contributed by atoms with van der Waals surface area (Å²) in [7, 11) is 0. The van der Waals surface area contributed by atoms with Gasteiger partial charge in [0.25, 0.3) is 0 Å². The van der Waals surface area contributed by atoms with E-state index in [1.807, 2.05) is 18.2 Å². The molecule has 0 aromatic heterocycles. The Morgan fingerprint density at radius 2 is 1.88 bits per heavy atom. The summed E-state index contributed by atoms with van der Waals surface area (Å²) in [6.45, 7) is 0.207. The fraction of sp³-hybridized carbons (Fsp3) is 0.286. The second-order valence-electron chi connectivity index (χ2n) is 6.97. The van der Waals surface area contributed by atoms with E-state index in [0.29, 0.717) is 11.1 Å². The molecule has 1 aliphatic heterocycles. The van der Waals surface area contributed by atoms with Crippen LogP contribution in [0.25, 0.3) is 5.57 Å². The van der Waals surface area contributed by atoms with Crippen molar-refractivity contribution in [3.63, 3.8) is 0 Å². The maximum atomic E-state index is 14.2. The Bertz CT molecular complexity index is 877. The number of benzene rings is 2. The molecule has 0 radical (unpaired) electrons. The van der Waals surface area contributed by atoms with Gasteiger partial charge in [-0.3, -0.25) is 10.1 Å². The van der Waals surface area contributed by atoms with E-state index in [1.165, 1.54) is 0 Å². The van der Waals surface area contributed by atoms with Gasteiger partial charge in [0, 0.05) is 12.1 Å². The lowest BCUT2D eigenvalue weighted by Gasteiger charge is -2.29. The van der Waals surface area contributed by atoms with Crippen molar-refractivity contribution in [2.45, 2.75) is 24.5 Å². The average molecular weight is 355 g/mol. The van der Waals surface area contributed by atoms with Crippen molar-refractivity contribution < 1.29 is 18.7 Å². The lowest BCUT2D eigenvalue weighted by Crippen LogP contribution is -2.50. The van der Waals surface area contributed by atoms with Gasteiger partial charge in [0.15, 0.2) is 5.78 Å². The van der Waals surface area contributed by atoms with Crippen LogP contribution in [-0.4, -0.2) is 23.5 Å². The summed E-state index contributed by atoms with van der Waals surface area (Å²) in [5.74, 6) is -1.45. The number of halogens is 2. The zero-order chi connectivity index (χ0) is 18.3. The molecule has 2 aromatic rings. The molecule has 0 spiro atoms. The summed E-state index contributed by atoms with van der Waals surface area (Å²) in [6, 6.07) is 12.3. The Morgan fingerprint density at radius 1 is 1.15 bits per heavy atom. The number of carbonyl (C=O) groups excluding carboxylic acids is 1. The molecular formula is C21H19F2NO2. The number of ketones is 1. The first-order valence-electron chi connectivity index (χ1n) is 8.71. The number of carbonyl (C=O) groups is 1. The molecule has 0 amide bonds. The lowest BCUT2D eigenvalue weighted by molar-refractivity contribution is -0.133. The first-order chi connectivity index (χ1) is 12.5. The van der Waals surface area contributed by atoms with Crippen LogP contribution in [0.15, 0.2) is 54.6 Å². The Morgan fingerprint density at radius 3 is 2.58 bits per heavy atom. The number of aliphatic hydroxyl groups is 1. The number of hydrogen-bond acceptors (Lipinski definition) is 3. The Labute approximate surface area is 150 Å². The van der Waals surface area contributed by atoms with Crippen LogP contribution in [0.3, 0.4) is 0 Å². The third-order valence-electron chi connectivity index (χ3n) is 5.18. The van der Waals surface area contributed by atoms with Crippen LogP contribution >= 0.6 is 0 Å². The highest BCUT2D eigenvalue weighted by atomic mass is 19.1. The predicted octanol–water partition coefficient (Wildman–Crippen LogP) is 3.19. The average Bonchev–Trinajstić information content (AvgIpc) is 3.42. The summed E-state index contributed by atoms with van der Waals surface area (Å²) < 4.78 is 27.8. The molecule has 1 aliphatic carbocycles. The van der Waals surface area contributed by atoms with Gasteiger partial charge < -0.3 is 5.11 Å². The summed E-state index contributed by atoms with van der Waals surface area (Å²) in [4.78, 5) is 13.2. The molecule has 0 saturated heterocycles. The van der Waals surface area contributed by atoms with Gasteiger partial charge in [-0.2, -0.15) is 0 Å². The van der Waals surface area contributed by atoms with Gasteiger partial charge in [0.1, 0.15) is 23.3 Å². The van der Waals surface area contributed by atoms with Gasteiger partial charge >= 0.3 is 0 Å². The third kappa shape index (κ3) is 2.87. The van der Waals surface area contributed by atoms with Crippen molar-refractivity contribution in [3.8, 4) is 0 Å². The zero-order valence-electron chi connectivity index (χ0n) is 14.1. The van der Waals surface area contributed by atoms with Gasteiger partial charge in [-0.25, -0.2) is 8.78 Å². The fourth-order valence-corrected chi connectivity index (χ4v) is 3.56. The molecule has 5 heteroatoms. The normalized spacial score (nSPS) is 23.6. The van der Waals surface area contributed by atoms with E-state index < -0.39 is 23.3 Å². The highest BCUT2D eigenvalue weighted by molar-refractivity contribution is 5.98. The van der Waals surface area contributed by atoms with Gasteiger partial charge in [-0.1, -0.05) is 30.3 Å². The van der Waals surface area contributed by atoms with Gasteiger partial charge in [0.05, 0.1) is 0 Å². The Balaban J connectivity index is 1.81. The zero-order valence-corrected chi connectivity index (χ0v) is 14.1. The van der Waals surface area contributed by atoms with Crippen LogP contribution in [0.1, 0.15) is 24.0 Å². The van der Waals surface area contributed by atoms with Crippen LogP contribution in [0.2, 0.25) is 0 Å². The molecule has 2 aliphatic rings. The number of hydrogen-bond donors (Lipinski definition) is 2. The molecule has 1 fully saturated rings. The third-order valence-corrected chi connectivity index (χ3v) is 5.18. The van der Waals surface area contributed by atoms with Crippen molar-refractivity contribution >= 4 is 11.4 Å². The Hall–Kier alpha value is -2.37. The highest BCUT2D eigenvalue weighted by Crippen LogP contribution is 2.40. The van der Waals surface area contributed by atoms with Crippen LogP contribution in [0, 0.1) is 17.6 Å². The van der Waals surface area contributed by atoms with E-state index >= 15 is 0 Å². The molecule has 1 heterocycles. The van der Waals surface area contributed by atoms with Gasteiger partial charge in [-0.05, 0) is 54.2 Å². The predicted molar refractivity (Wildman–Crippen MR) is 94.2 cm³/mol. The molecule has 0 unspecified atom stereocenters. The van der Waals surface area contributed by atoms with Gasteiger partial charge in [-0.15, -0.1) is 0 Å². The number of rotatable bonds is 5. The number of Topliss-reactive ketones (excluding diaryl/α,β-unsaturated/α-hetero) is 1. The van der Waals surface area contributed by atoms with Crippen molar-refractivity contribution in [3.05, 3.63) is 77.4 Å². The quantitative estimate of drug-likeness (QED) is 0.866. The molecule has 134 valence electrons. The summed E-state index contributed by atoms with van der Waals surface area (Å²) in [5.41, 5.74) is 0.0693. The Kier molecular flexibility index (Phi) is 4.21. The maximum absolute atomic E-state index is 14.2. The molecule has 3 nitrogen and oxygen atoms in total. The van der Waals surface area contributed by atoms with Crippen molar-refractivity contribution in [2.24, 2.45) is 5.92 Å². The summed E-state index contributed by atoms with van der Waals surface area (Å²) >= 11 is 0. The standard InChI is InChI=1S/C21H19F2NO2/c22-16-8-9-18(23)17(10-16)14-11-21(24-12-14,15-4-2-1-3-5-15)20(26)19(25)13-6-7-13/h1-5,8-11,13,19,24-25H,6-7,12H2/t19-,21-/m0/s1. The molecule has 0 bridgehead atoms. The van der Waals surface area contributed by atoms with Crippen molar-refractivity contribution in [1.29, 1.82) is 0 Å². The van der Waals surface area contributed by atoms with Crippen molar-refractivity contribution in [1.82, 2.24) is 5.32 Å². The second-order valence-corrected chi connectivity index (χ2v) is 6.97. The van der Waals surface area contributed by atoms with Crippen LogP contribution < -0.4 is 5.32 Å². The molecule has 2 aromatic carbocycles. The van der Waals surface area contributed by atoms with E-state index in [4.69, 9.17) is 0 Å². The van der Waals surface area contributed by atoms with Crippen LogP contribution in [0.5, 0.6) is 0 Å². The minimum Gasteiger partial charge on any atom is -0.385 e. The van der Waals surface area contributed by atoms with Crippen LogP contribution in [-0.2, 0) is 10.3 Å². The summed E-state index contributed by atoms with van der Waals surface area (Å²) in [6.07, 6.45) is 2.21. The second kappa shape index (κ2) is 6.41. The monoisotopic (exact) mass is 355 g/mol. The molecular weight excluding hydrogens is 336 g/mol. The smallest absolute Gasteiger partial charge is 0.189 e. The topological polar surface area (TPSA) is 49.3 Å². The van der Waals surface area contributed by atoms with Crippen LogP contribution in [0.4, 0.5) is 8.78 Å². The molecule has 2 N–H and O–H groups in total. The largest absolute Gasteiger partial charge is 0.385 e. The minimum absolute atomic E-state index is 0.0201. The summed E-state index contributed by atoms with van der Waals surface area (Å²) in [5, 5.41) is 13.6. The van der Waals surface area contributed by atoms with E-state index in [-0.39, 0.29) is 23.8 Å². The fourth-order valence-electron chi connectivity index (χ4n) is 3.56. The molecule has 26 heavy (non-hydrogen) atoms. The maximum Gasteiger partial charge on any atom is 0.189 e. The van der Waals surface area contributed by atoms with Crippen molar-refractivity contribution in [2.75, 3.05) is 6.54 Å². The number of aliphatic hydroxyl groups excluding tert-OH is 1. The van der Waals surface area contributed by atoms with E-state index in [9.17, 15) is 18.7 Å². The lowest BCUT2D eigenvalue weighted by atomic mass is 9.82. The number of nitrogens with one attached hydrogen (secondary N) is 1. The molecule has 4 rings (SSSR count). The van der Waals surface area contributed by atoms with Gasteiger partial charge in [0.2, 0.25) is 0 Å². The van der Waals surface area contributed by atoms with E-state index in [0.717, 1.165) is 31.0 Å². The minimum atomic E-state index is -1.24. The first-order valence-corrected chi connectivity index (χ1v) is 8.71. The SMILES string of the molecule is O=C([C@@H](O)C1CC1)[C@@]1(c2ccccc2)C=C(c2cc(F)ccc2F)CN1. The van der Waals surface area contributed by atoms with E-state index in [2.05, 4.69) is 5.32 Å². The molecule has 2 atom stereocenters. The highest BCUT2D eigenvalue weighted by Gasteiger charge is 2.48. The van der Waals surface area contributed by atoms with E-state index in [1.54, 1.807) is 18.2 Å². The molecule has 1 saturated carbocycles. The first kappa shape index (κ1) is 17.1.